The van der Waals surface area contributed by atoms with Crippen LogP contribution in [0.2, 0.25) is 0 Å². The number of benzene rings is 1. The predicted octanol–water partition coefficient (Wildman–Crippen LogP) is 2.26. The molecule has 0 spiro atoms. The minimum Gasteiger partial charge on any atom is -0.469 e. The van der Waals surface area contributed by atoms with Crippen LogP contribution in [0.15, 0.2) is 39.5 Å². The fraction of sp³-hybridized carbons (Fsp3) is 0.353. The summed E-state index contributed by atoms with van der Waals surface area (Å²) in [4.78, 5) is 34.9. The number of fused-ring (bicyclic) bond motifs is 1. The van der Waals surface area contributed by atoms with Gasteiger partial charge in [-0.05, 0) is 25.0 Å². The monoisotopic (exact) mass is 317 g/mol. The second-order valence-electron chi connectivity index (χ2n) is 5.11. The molecule has 2 aromatic rings. The highest BCUT2D eigenvalue weighted by molar-refractivity contribution is 5.93. The quantitative estimate of drug-likeness (QED) is 0.625. The van der Waals surface area contributed by atoms with Crippen LogP contribution < -0.4 is 10.7 Å². The fourth-order valence-corrected chi connectivity index (χ4v) is 2.18. The van der Waals surface area contributed by atoms with Crippen molar-refractivity contribution in [2.24, 2.45) is 0 Å². The molecule has 2 rings (SSSR count). The first-order valence-corrected chi connectivity index (χ1v) is 7.49. The molecule has 1 N–H and O–H groups in total. The van der Waals surface area contributed by atoms with Gasteiger partial charge in [0.2, 0.25) is 0 Å². The lowest BCUT2D eigenvalue weighted by atomic mass is 10.2. The van der Waals surface area contributed by atoms with Crippen molar-refractivity contribution in [3.8, 4) is 0 Å². The molecule has 0 radical (unpaired) electrons. The Bertz CT molecular complexity index is 750. The third-order valence-electron chi connectivity index (χ3n) is 3.43. The van der Waals surface area contributed by atoms with Gasteiger partial charge in [-0.25, -0.2) is 0 Å². The van der Waals surface area contributed by atoms with Crippen molar-refractivity contribution in [2.45, 2.75) is 25.7 Å². The highest BCUT2D eigenvalue weighted by atomic mass is 16.5. The largest absolute Gasteiger partial charge is 0.469 e. The van der Waals surface area contributed by atoms with Crippen molar-refractivity contribution >= 4 is 22.8 Å². The first kappa shape index (κ1) is 16.7. The second kappa shape index (κ2) is 8.12. The lowest BCUT2D eigenvalue weighted by Crippen LogP contribution is -2.25. The Hall–Kier alpha value is -2.63. The van der Waals surface area contributed by atoms with E-state index in [1.165, 1.54) is 13.2 Å². The molecule has 0 bridgehead atoms. The number of methoxy groups -OCH3 is 1. The molecule has 1 heterocycles. The standard InChI is InChI=1S/C17H19NO5/c1-22-16(20)9-3-2-6-10-18-17(21)15-11-13(19)12-7-4-5-8-14(12)23-15/h4-5,7-8,11H,2-3,6,9-10H2,1H3,(H,18,21). The summed E-state index contributed by atoms with van der Waals surface area (Å²) in [5.74, 6) is -0.643. The van der Waals surface area contributed by atoms with E-state index in [1.807, 2.05) is 0 Å². The van der Waals surface area contributed by atoms with E-state index in [4.69, 9.17) is 4.42 Å². The van der Waals surface area contributed by atoms with E-state index in [9.17, 15) is 14.4 Å². The zero-order valence-corrected chi connectivity index (χ0v) is 13.0. The summed E-state index contributed by atoms with van der Waals surface area (Å²) in [5.41, 5.74) is 0.151. The number of carbonyl (C=O) groups is 2. The summed E-state index contributed by atoms with van der Waals surface area (Å²) >= 11 is 0. The van der Waals surface area contributed by atoms with Gasteiger partial charge in [0.15, 0.2) is 11.2 Å². The van der Waals surface area contributed by atoms with Gasteiger partial charge in [-0.2, -0.15) is 0 Å². The molecule has 1 aromatic heterocycles. The average Bonchev–Trinajstić information content (AvgIpc) is 2.57. The molecule has 0 fully saturated rings. The predicted molar refractivity (Wildman–Crippen MR) is 85.3 cm³/mol. The summed E-state index contributed by atoms with van der Waals surface area (Å²) in [6, 6.07) is 8.00. The molecule has 0 atom stereocenters. The lowest BCUT2D eigenvalue weighted by molar-refractivity contribution is -0.140. The third kappa shape index (κ3) is 4.67. The van der Waals surface area contributed by atoms with Gasteiger partial charge < -0.3 is 14.5 Å². The number of amides is 1. The smallest absolute Gasteiger partial charge is 0.305 e. The SMILES string of the molecule is COC(=O)CCCCCNC(=O)c1cc(=O)c2ccccc2o1. The lowest BCUT2D eigenvalue weighted by Gasteiger charge is -2.05. The second-order valence-corrected chi connectivity index (χ2v) is 5.11. The maximum absolute atomic E-state index is 12.0. The summed E-state index contributed by atoms with van der Waals surface area (Å²) in [5, 5.41) is 3.16. The van der Waals surface area contributed by atoms with E-state index in [0.717, 1.165) is 12.8 Å². The first-order chi connectivity index (χ1) is 11.1. The van der Waals surface area contributed by atoms with Crippen molar-refractivity contribution in [1.29, 1.82) is 0 Å². The Morgan fingerprint density at radius 1 is 1.17 bits per heavy atom. The number of hydrogen-bond donors (Lipinski definition) is 1. The normalized spacial score (nSPS) is 10.5. The number of rotatable bonds is 7. The number of esters is 1. The maximum atomic E-state index is 12.0. The van der Waals surface area contributed by atoms with Crippen LogP contribution in [0.5, 0.6) is 0 Å². The highest BCUT2D eigenvalue weighted by Gasteiger charge is 2.11. The number of nitrogens with one attached hydrogen (secondary N) is 1. The third-order valence-corrected chi connectivity index (χ3v) is 3.43. The number of hydrogen-bond acceptors (Lipinski definition) is 5. The van der Waals surface area contributed by atoms with E-state index in [0.29, 0.717) is 30.4 Å². The Morgan fingerprint density at radius 2 is 1.96 bits per heavy atom. The number of ether oxygens (including phenoxy) is 1. The van der Waals surface area contributed by atoms with E-state index in [-0.39, 0.29) is 17.2 Å². The van der Waals surface area contributed by atoms with Crippen LogP contribution in [0.1, 0.15) is 36.2 Å². The Labute approximate surface area is 133 Å². The molecule has 0 aliphatic heterocycles. The van der Waals surface area contributed by atoms with Gasteiger partial charge >= 0.3 is 5.97 Å². The highest BCUT2D eigenvalue weighted by Crippen LogP contribution is 2.11. The molecular formula is C17H19NO5. The van der Waals surface area contributed by atoms with Crippen LogP contribution in [0.4, 0.5) is 0 Å². The Balaban J connectivity index is 1.84. The van der Waals surface area contributed by atoms with Gasteiger partial charge in [0.1, 0.15) is 5.58 Å². The van der Waals surface area contributed by atoms with Crippen LogP contribution in [0.25, 0.3) is 11.0 Å². The zero-order chi connectivity index (χ0) is 16.7. The molecule has 122 valence electrons. The van der Waals surface area contributed by atoms with Crippen molar-refractivity contribution in [3.63, 3.8) is 0 Å². The molecule has 23 heavy (non-hydrogen) atoms. The molecule has 0 saturated carbocycles. The van der Waals surface area contributed by atoms with Crippen LogP contribution in [-0.4, -0.2) is 25.5 Å². The number of carbonyl (C=O) groups excluding carboxylic acids is 2. The van der Waals surface area contributed by atoms with Crippen molar-refractivity contribution in [2.75, 3.05) is 13.7 Å². The van der Waals surface area contributed by atoms with Gasteiger partial charge in [0.25, 0.3) is 5.91 Å². The van der Waals surface area contributed by atoms with Crippen molar-refractivity contribution in [1.82, 2.24) is 5.32 Å². The zero-order valence-electron chi connectivity index (χ0n) is 13.0. The molecule has 0 aliphatic carbocycles. The van der Waals surface area contributed by atoms with Crippen LogP contribution in [0, 0.1) is 0 Å². The molecule has 0 saturated heterocycles. The average molecular weight is 317 g/mol. The van der Waals surface area contributed by atoms with Gasteiger partial charge in [0, 0.05) is 19.0 Å². The summed E-state index contributed by atoms with van der Waals surface area (Å²) in [6.45, 7) is 0.455. The van der Waals surface area contributed by atoms with Crippen LogP contribution >= 0.6 is 0 Å². The van der Waals surface area contributed by atoms with E-state index >= 15 is 0 Å². The molecule has 1 aromatic carbocycles. The number of unbranched alkanes of at least 4 members (excludes halogenated alkanes) is 2. The topological polar surface area (TPSA) is 85.6 Å². The molecule has 1 amide bonds. The van der Waals surface area contributed by atoms with Gasteiger partial charge in [-0.1, -0.05) is 18.6 Å². The maximum Gasteiger partial charge on any atom is 0.305 e. The molecule has 6 nitrogen and oxygen atoms in total. The van der Waals surface area contributed by atoms with Crippen molar-refractivity contribution < 1.29 is 18.7 Å². The van der Waals surface area contributed by atoms with E-state index in [1.54, 1.807) is 24.3 Å². The molecule has 6 heteroatoms. The Morgan fingerprint density at radius 3 is 2.74 bits per heavy atom. The summed E-state index contributed by atoms with van der Waals surface area (Å²) in [6.07, 6.45) is 2.63. The Kier molecular flexibility index (Phi) is 5.91. The van der Waals surface area contributed by atoms with Crippen LogP contribution in [-0.2, 0) is 9.53 Å². The van der Waals surface area contributed by atoms with Crippen LogP contribution in [0.3, 0.4) is 0 Å². The minimum absolute atomic E-state index is 0.00302. The van der Waals surface area contributed by atoms with E-state index in [2.05, 4.69) is 10.1 Å². The summed E-state index contributed by atoms with van der Waals surface area (Å²) < 4.78 is 10.0. The fourth-order valence-electron chi connectivity index (χ4n) is 2.18. The molecular weight excluding hydrogens is 298 g/mol. The minimum atomic E-state index is -0.416. The summed E-state index contributed by atoms with van der Waals surface area (Å²) in [7, 11) is 1.36. The molecule has 0 unspecified atom stereocenters. The molecule has 0 aliphatic rings. The van der Waals surface area contributed by atoms with E-state index < -0.39 is 5.91 Å². The van der Waals surface area contributed by atoms with Gasteiger partial charge in [-0.15, -0.1) is 0 Å². The van der Waals surface area contributed by atoms with Gasteiger partial charge in [-0.3, -0.25) is 14.4 Å². The van der Waals surface area contributed by atoms with Crippen molar-refractivity contribution in [3.05, 3.63) is 46.3 Å². The van der Waals surface area contributed by atoms with Gasteiger partial charge in [0.05, 0.1) is 12.5 Å². The first-order valence-electron chi connectivity index (χ1n) is 7.49. The number of para-hydroxylation sites is 1.